The van der Waals surface area contributed by atoms with Gasteiger partial charge in [-0.25, -0.2) is 13.6 Å². The topological polar surface area (TPSA) is 124 Å². The minimum atomic E-state index is -1.72. The van der Waals surface area contributed by atoms with Gasteiger partial charge in [-0.1, -0.05) is 0 Å². The van der Waals surface area contributed by atoms with Crippen molar-refractivity contribution in [3.05, 3.63) is 53.1 Å². The fraction of sp³-hybridized carbons (Fsp3) is 0.167. The standard InChI is InChI=1S/C18H15F2NO6/c1-8-4-9(11-3-2-10(19)6-13(11)20)5-12(16(8)24)17(25)21-14(18(26)27)7-15(22)23/h2-6,14,24H,7H2,1H3,(H,21,25)(H,22,23)(H,26,27). The molecule has 27 heavy (non-hydrogen) atoms. The van der Waals surface area contributed by atoms with Crippen LogP contribution < -0.4 is 5.32 Å². The number of benzene rings is 2. The monoisotopic (exact) mass is 379 g/mol. The number of carboxylic acid groups (broad SMARTS) is 2. The summed E-state index contributed by atoms with van der Waals surface area (Å²) in [6, 6.07) is 3.59. The van der Waals surface area contributed by atoms with E-state index in [4.69, 9.17) is 10.2 Å². The highest BCUT2D eigenvalue weighted by molar-refractivity contribution is 6.01. The van der Waals surface area contributed by atoms with Gasteiger partial charge in [-0.15, -0.1) is 0 Å². The van der Waals surface area contributed by atoms with Gasteiger partial charge in [0.2, 0.25) is 0 Å². The van der Waals surface area contributed by atoms with Crippen molar-refractivity contribution in [2.45, 2.75) is 19.4 Å². The predicted molar refractivity (Wildman–Crippen MR) is 89.3 cm³/mol. The second-order valence-electron chi connectivity index (χ2n) is 5.78. The average Bonchev–Trinajstić information content (AvgIpc) is 2.56. The number of carboxylic acids is 2. The highest BCUT2D eigenvalue weighted by atomic mass is 19.1. The molecular weight excluding hydrogens is 364 g/mol. The summed E-state index contributed by atoms with van der Waals surface area (Å²) < 4.78 is 27.1. The minimum absolute atomic E-state index is 0.0335. The number of hydrogen-bond donors (Lipinski definition) is 4. The van der Waals surface area contributed by atoms with Gasteiger partial charge in [0.15, 0.2) is 0 Å². The maximum absolute atomic E-state index is 14.0. The molecule has 0 fully saturated rings. The Balaban J connectivity index is 2.44. The lowest BCUT2D eigenvalue weighted by molar-refractivity contribution is -0.145. The first-order chi connectivity index (χ1) is 12.6. The molecule has 1 amide bonds. The van der Waals surface area contributed by atoms with Gasteiger partial charge in [0.25, 0.3) is 5.91 Å². The molecule has 0 aliphatic heterocycles. The van der Waals surface area contributed by atoms with Crippen LogP contribution in [0.1, 0.15) is 22.3 Å². The number of nitrogens with one attached hydrogen (secondary N) is 1. The number of rotatable bonds is 6. The van der Waals surface area contributed by atoms with Crippen LogP contribution in [-0.2, 0) is 9.59 Å². The van der Waals surface area contributed by atoms with E-state index in [9.17, 15) is 28.3 Å². The molecule has 2 aromatic carbocycles. The third-order valence-corrected chi connectivity index (χ3v) is 3.77. The predicted octanol–water partition coefficient (Wildman–Crippen LogP) is 2.30. The van der Waals surface area contributed by atoms with Crippen molar-refractivity contribution in [2.75, 3.05) is 0 Å². The summed E-state index contributed by atoms with van der Waals surface area (Å²) in [6.07, 6.45) is -0.868. The van der Waals surface area contributed by atoms with Crippen LogP contribution in [0.3, 0.4) is 0 Å². The Hall–Kier alpha value is -3.49. The summed E-state index contributed by atoms with van der Waals surface area (Å²) in [4.78, 5) is 34.2. The largest absolute Gasteiger partial charge is 0.507 e. The number of aromatic hydroxyl groups is 1. The Kier molecular flexibility index (Phi) is 5.74. The Bertz CT molecular complexity index is 928. The Labute approximate surface area is 151 Å². The molecule has 0 radical (unpaired) electrons. The van der Waals surface area contributed by atoms with Crippen molar-refractivity contribution >= 4 is 17.8 Å². The third kappa shape index (κ3) is 4.57. The number of amides is 1. The smallest absolute Gasteiger partial charge is 0.326 e. The van der Waals surface area contributed by atoms with E-state index in [1.54, 1.807) is 0 Å². The molecule has 1 atom stereocenters. The lowest BCUT2D eigenvalue weighted by Gasteiger charge is -2.15. The summed E-state index contributed by atoms with van der Waals surface area (Å²) in [7, 11) is 0. The van der Waals surface area contributed by atoms with Crippen molar-refractivity contribution in [1.82, 2.24) is 5.32 Å². The van der Waals surface area contributed by atoms with Crippen LogP contribution in [0.15, 0.2) is 30.3 Å². The second kappa shape index (κ2) is 7.81. The lowest BCUT2D eigenvalue weighted by Crippen LogP contribution is -2.42. The van der Waals surface area contributed by atoms with Crippen LogP contribution in [0.25, 0.3) is 11.1 Å². The van der Waals surface area contributed by atoms with Crippen molar-refractivity contribution in [3.63, 3.8) is 0 Å². The molecule has 7 nitrogen and oxygen atoms in total. The maximum atomic E-state index is 14.0. The number of phenolic OH excluding ortho intramolecular Hbond substituents is 1. The van der Waals surface area contributed by atoms with E-state index in [1.165, 1.54) is 13.0 Å². The first-order valence-corrected chi connectivity index (χ1v) is 7.64. The quantitative estimate of drug-likeness (QED) is 0.611. The van der Waals surface area contributed by atoms with Crippen molar-refractivity contribution in [3.8, 4) is 16.9 Å². The van der Waals surface area contributed by atoms with Crippen LogP contribution in [0, 0.1) is 18.6 Å². The average molecular weight is 379 g/mol. The fourth-order valence-corrected chi connectivity index (χ4v) is 2.44. The van der Waals surface area contributed by atoms with E-state index in [-0.39, 0.29) is 22.3 Å². The van der Waals surface area contributed by atoms with Gasteiger partial charge in [-0.3, -0.25) is 9.59 Å². The van der Waals surface area contributed by atoms with Gasteiger partial charge >= 0.3 is 11.9 Å². The number of aryl methyl sites for hydroxylation is 1. The molecular formula is C18H15F2NO6. The summed E-state index contributed by atoms with van der Waals surface area (Å²) in [5.74, 6) is -6.21. The number of carbonyl (C=O) groups excluding carboxylic acids is 1. The Morgan fingerprint density at radius 3 is 2.33 bits per heavy atom. The first kappa shape index (κ1) is 19.8. The number of halogens is 2. The minimum Gasteiger partial charge on any atom is -0.507 e. The third-order valence-electron chi connectivity index (χ3n) is 3.77. The molecule has 0 heterocycles. The number of carbonyl (C=O) groups is 3. The Morgan fingerprint density at radius 2 is 1.78 bits per heavy atom. The van der Waals surface area contributed by atoms with Gasteiger partial charge in [0, 0.05) is 11.6 Å². The normalized spacial score (nSPS) is 11.7. The molecule has 9 heteroatoms. The van der Waals surface area contributed by atoms with Gasteiger partial charge < -0.3 is 20.6 Å². The van der Waals surface area contributed by atoms with Crippen LogP contribution >= 0.6 is 0 Å². The van der Waals surface area contributed by atoms with E-state index in [0.717, 1.165) is 18.2 Å². The van der Waals surface area contributed by atoms with Crippen LogP contribution in [-0.4, -0.2) is 39.2 Å². The van der Waals surface area contributed by atoms with E-state index in [1.807, 2.05) is 5.32 Å². The molecule has 0 saturated carbocycles. The zero-order chi connectivity index (χ0) is 20.3. The molecule has 0 aliphatic rings. The lowest BCUT2D eigenvalue weighted by atomic mass is 9.98. The van der Waals surface area contributed by atoms with E-state index >= 15 is 0 Å². The maximum Gasteiger partial charge on any atom is 0.326 e. The molecule has 1 unspecified atom stereocenters. The number of aliphatic carboxylic acids is 2. The zero-order valence-corrected chi connectivity index (χ0v) is 14.0. The molecule has 2 rings (SSSR count). The first-order valence-electron chi connectivity index (χ1n) is 7.64. The van der Waals surface area contributed by atoms with Crippen molar-refractivity contribution < 1.29 is 38.5 Å². The second-order valence-corrected chi connectivity index (χ2v) is 5.78. The summed E-state index contributed by atoms with van der Waals surface area (Å²) >= 11 is 0. The Morgan fingerprint density at radius 1 is 1.11 bits per heavy atom. The number of phenols is 1. The van der Waals surface area contributed by atoms with Crippen LogP contribution in [0.2, 0.25) is 0 Å². The molecule has 0 saturated heterocycles. The number of hydrogen-bond acceptors (Lipinski definition) is 4. The highest BCUT2D eigenvalue weighted by Gasteiger charge is 2.25. The van der Waals surface area contributed by atoms with Crippen molar-refractivity contribution in [2.24, 2.45) is 0 Å². The van der Waals surface area contributed by atoms with Gasteiger partial charge in [0.05, 0.1) is 12.0 Å². The molecule has 0 spiro atoms. The molecule has 142 valence electrons. The van der Waals surface area contributed by atoms with Crippen LogP contribution in [0.5, 0.6) is 5.75 Å². The van der Waals surface area contributed by atoms with Gasteiger partial charge in [-0.2, -0.15) is 0 Å². The van der Waals surface area contributed by atoms with Gasteiger partial charge in [-0.05, 0) is 42.3 Å². The summed E-state index contributed by atoms with van der Waals surface area (Å²) in [6.45, 7) is 1.43. The summed E-state index contributed by atoms with van der Waals surface area (Å²) in [5.41, 5.74) is -0.0659. The van der Waals surface area contributed by atoms with E-state index in [0.29, 0.717) is 6.07 Å². The van der Waals surface area contributed by atoms with E-state index < -0.39 is 47.7 Å². The van der Waals surface area contributed by atoms with E-state index in [2.05, 4.69) is 0 Å². The highest BCUT2D eigenvalue weighted by Crippen LogP contribution is 2.31. The molecule has 0 aromatic heterocycles. The van der Waals surface area contributed by atoms with Gasteiger partial charge in [0.1, 0.15) is 23.4 Å². The molecule has 4 N–H and O–H groups in total. The molecule has 0 aliphatic carbocycles. The van der Waals surface area contributed by atoms with Crippen molar-refractivity contribution in [1.29, 1.82) is 0 Å². The molecule has 0 bridgehead atoms. The SMILES string of the molecule is Cc1cc(-c2ccc(F)cc2F)cc(C(=O)NC(CC(=O)O)C(=O)O)c1O. The summed E-state index contributed by atoms with van der Waals surface area (Å²) in [5, 5.41) is 29.8. The zero-order valence-electron chi connectivity index (χ0n) is 14.0. The molecule has 2 aromatic rings. The fourth-order valence-electron chi connectivity index (χ4n) is 2.44. The van der Waals surface area contributed by atoms with Crippen LogP contribution in [0.4, 0.5) is 8.78 Å².